The molecule has 2 atom stereocenters. The van der Waals surface area contributed by atoms with Gasteiger partial charge in [0.1, 0.15) is 17.6 Å². The lowest BCUT2D eigenvalue weighted by molar-refractivity contribution is 0.183. The molecule has 104 valence electrons. The van der Waals surface area contributed by atoms with Crippen molar-refractivity contribution in [3.05, 3.63) is 46.2 Å². The summed E-state index contributed by atoms with van der Waals surface area (Å²) in [5.74, 6) is 1.17. The van der Waals surface area contributed by atoms with E-state index in [-0.39, 0.29) is 12.1 Å². The molecule has 20 heavy (non-hydrogen) atoms. The third kappa shape index (κ3) is 3.29. The maximum Gasteiger partial charge on any atom is 0.148 e. The summed E-state index contributed by atoms with van der Waals surface area (Å²) in [7, 11) is 1.56. The Morgan fingerprint density at radius 3 is 2.60 bits per heavy atom. The van der Waals surface area contributed by atoms with Gasteiger partial charge in [-0.05, 0) is 30.5 Å². The van der Waals surface area contributed by atoms with E-state index < -0.39 is 0 Å². The molecule has 2 rings (SSSR count). The van der Waals surface area contributed by atoms with Crippen molar-refractivity contribution in [3.63, 3.8) is 0 Å². The first-order chi connectivity index (χ1) is 9.63. The molecular weight excluding hydrogens is 272 g/mol. The molecule has 1 aromatic carbocycles. The molecule has 5 heteroatoms. The van der Waals surface area contributed by atoms with Crippen molar-refractivity contribution in [3.8, 4) is 17.6 Å². The van der Waals surface area contributed by atoms with Gasteiger partial charge in [-0.2, -0.15) is 5.26 Å². The molecule has 0 spiro atoms. The van der Waals surface area contributed by atoms with E-state index >= 15 is 0 Å². The predicted octanol–water partition coefficient (Wildman–Crippen LogP) is 3.10. The van der Waals surface area contributed by atoms with E-state index in [1.807, 2.05) is 24.4 Å². The highest BCUT2D eigenvalue weighted by atomic mass is 32.1. The SMILES string of the molecule is COc1cc(C#N)cc(OC(c2cccs2)C(C)N)c1. The van der Waals surface area contributed by atoms with Gasteiger partial charge in [0, 0.05) is 17.0 Å². The van der Waals surface area contributed by atoms with Crippen LogP contribution in [0.3, 0.4) is 0 Å². The molecule has 0 amide bonds. The predicted molar refractivity (Wildman–Crippen MR) is 79.0 cm³/mol. The second-order valence-electron chi connectivity index (χ2n) is 4.42. The molecule has 0 bridgehead atoms. The van der Waals surface area contributed by atoms with E-state index in [1.54, 1.807) is 36.6 Å². The first kappa shape index (κ1) is 14.4. The number of thiophene rings is 1. The van der Waals surface area contributed by atoms with Crippen LogP contribution in [0.25, 0.3) is 0 Å². The highest BCUT2D eigenvalue weighted by Gasteiger charge is 2.19. The first-order valence-electron chi connectivity index (χ1n) is 6.19. The normalized spacial score (nSPS) is 13.3. The fourth-order valence-corrected chi connectivity index (χ4v) is 2.71. The highest BCUT2D eigenvalue weighted by Crippen LogP contribution is 2.30. The minimum atomic E-state index is -0.242. The summed E-state index contributed by atoms with van der Waals surface area (Å²) in [5.41, 5.74) is 6.50. The van der Waals surface area contributed by atoms with E-state index in [2.05, 4.69) is 6.07 Å². The number of nitriles is 1. The summed E-state index contributed by atoms with van der Waals surface area (Å²) in [5, 5.41) is 11.0. The summed E-state index contributed by atoms with van der Waals surface area (Å²) >= 11 is 1.60. The largest absolute Gasteiger partial charge is 0.497 e. The Kier molecular flexibility index (Phi) is 4.61. The monoisotopic (exact) mass is 288 g/mol. The fourth-order valence-electron chi connectivity index (χ4n) is 1.85. The Hall–Kier alpha value is -2.03. The van der Waals surface area contributed by atoms with Crippen molar-refractivity contribution in [2.24, 2.45) is 5.73 Å². The van der Waals surface area contributed by atoms with E-state index in [0.29, 0.717) is 17.1 Å². The topological polar surface area (TPSA) is 68.3 Å². The Morgan fingerprint density at radius 1 is 1.30 bits per heavy atom. The number of rotatable bonds is 5. The number of hydrogen-bond donors (Lipinski definition) is 1. The molecule has 0 aliphatic carbocycles. The third-order valence-electron chi connectivity index (χ3n) is 2.81. The molecule has 0 saturated carbocycles. The van der Waals surface area contributed by atoms with Crippen LogP contribution in [0.2, 0.25) is 0 Å². The molecule has 0 radical (unpaired) electrons. The zero-order valence-electron chi connectivity index (χ0n) is 11.4. The molecule has 1 heterocycles. The molecule has 1 aromatic heterocycles. The van der Waals surface area contributed by atoms with Crippen LogP contribution >= 0.6 is 11.3 Å². The quantitative estimate of drug-likeness (QED) is 0.918. The maximum atomic E-state index is 9.03. The molecule has 0 fully saturated rings. The number of nitrogens with zero attached hydrogens (tertiary/aromatic N) is 1. The Morgan fingerprint density at radius 2 is 2.05 bits per heavy atom. The second kappa shape index (κ2) is 6.42. The number of ether oxygens (including phenoxy) is 2. The molecule has 2 N–H and O–H groups in total. The summed E-state index contributed by atoms with van der Waals surface area (Å²) in [4.78, 5) is 1.06. The lowest BCUT2D eigenvalue weighted by atomic mass is 10.1. The summed E-state index contributed by atoms with van der Waals surface area (Å²) < 4.78 is 11.1. The minimum Gasteiger partial charge on any atom is -0.497 e. The van der Waals surface area contributed by atoms with Gasteiger partial charge in [0.2, 0.25) is 0 Å². The van der Waals surface area contributed by atoms with Gasteiger partial charge in [0.05, 0.1) is 18.7 Å². The number of nitrogens with two attached hydrogens (primary N) is 1. The smallest absolute Gasteiger partial charge is 0.148 e. The van der Waals surface area contributed by atoms with Crippen LogP contribution < -0.4 is 15.2 Å². The van der Waals surface area contributed by atoms with Crippen molar-refractivity contribution in [2.75, 3.05) is 7.11 Å². The number of hydrogen-bond acceptors (Lipinski definition) is 5. The van der Waals surface area contributed by atoms with Crippen LogP contribution in [0.4, 0.5) is 0 Å². The average Bonchev–Trinajstić information content (AvgIpc) is 2.97. The van der Waals surface area contributed by atoms with Crippen LogP contribution in [-0.4, -0.2) is 13.2 Å². The molecule has 4 nitrogen and oxygen atoms in total. The fraction of sp³-hybridized carbons (Fsp3) is 0.267. The standard InChI is InChI=1S/C15H16N2O2S/c1-10(17)15(14-4-3-5-20-14)19-13-7-11(9-16)6-12(8-13)18-2/h3-8,10,15H,17H2,1-2H3. The Labute approximate surface area is 122 Å². The van der Waals surface area contributed by atoms with Crippen molar-refractivity contribution >= 4 is 11.3 Å². The number of methoxy groups -OCH3 is 1. The lowest BCUT2D eigenvalue weighted by Gasteiger charge is -2.21. The Bertz CT molecular complexity index is 603. The van der Waals surface area contributed by atoms with E-state index in [0.717, 1.165) is 4.88 Å². The van der Waals surface area contributed by atoms with Crippen LogP contribution in [0.15, 0.2) is 35.7 Å². The Balaban J connectivity index is 2.29. The van der Waals surface area contributed by atoms with Gasteiger partial charge in [0.25, 0.3) is 0 Å². The molecule has 2 unspecified atom stereocenters. The summed E-state index contributed by atoms with van der Waals surface area (Å²) in [6.45, 7) is 1.90. The van der Waals surface area contributed by atoms with Crippen molar-refractivity contribution in [1.29, 1.82) is 5.26 Å². The van der Waals surface area contributed by atoms with Gasteiger partial charge in [-0.1, -0.05) is 6.07 Å². The molecule has 2 aromatic rings. The van der Waals surface area contributed by atoms with Crippen molar-refractivity contribution in [2.45, 2.75) is 19.1 Å². The highest BCUT2D eigenvalue weighted by molar-refractivity contribution is 7.10. The van der Waals surface area contributed by atoms with Gasteiger partial charge < -0.3 is 15.2 Å². The molecule has 0 aliphatic heterocycles. The van der Waals surface area contributed by atoms with E-state index in [1.165, 1.54) is 0 Å². The molecular formula is C15H16N2O2S. The van der Waals surface area contributed by atoms with E-state index in [9.17, 15) is 0 Å². The van der Waals surface area contributed by atoms with Crippen LogP contribution in [0, 0.1) is 11.3 Å². The molecule has 0 aliphatic rings. The van der Waals surface area contributed by atoms with Crippen LogP contribution in [0.5, 0.6) is 11.5 Å². The average molecular weight is 288 g/mol. The zero-order chi connectivity index (χ0) is 14.5. The third-order valence-corrected chi connectivity index (χ3v) is 3.74. The van der Waals surface area contributed by atoms with Gasteiger partial charge >= 0.3 is 0 Å². The van der Waals surface area contributed by atoms with Crippen molar-refractivity contribution < 1.29 is 9.47 Å². The number of benzene rings is 1. The van der Waals surface area contributed by atoms with E-state index in [4.69, 9.17) is 20.5 Å². The maximum absolute atomic E-state index is 9.03. The van der Waals surface area contributed by atoms with Gasteiger partial charge in [-0.3, -0.25) is 0 Å². The summed E-state index contributed by atoms with van der Waals surface area (Å²) in [6.07, 6.45) is -0.242. The second-order valence-corrected chi connectivity index (χ2v) is 5.40. The van der Waals surface area contributed by atoms with Crippen LogP contribution in [0.1, 0.15) is 23.5 Å². The van der Waals surface area contributed by atoms with Crippen LogP contribution in [-0.2, 0) is 0 Å². The van der Waals surface area contributed by atoms with Gasteiger partial charge in [-0.25, -0.2) is 0 Å². The van der Waals surface area contributed by atoms with Gasteiger partial charge in [0.15, 0.2) is 0 Å². The zero-order valence-corrected chi connectivity index (χ0v) is 12.2. The minimum absolute atomic E-state index is 0.162. The first-order valence-corrected chi connectivity index (χ1v) is 7.07. The summed E-state index contributed by atoms with van der Waals surface area (Å²) in [6, 6.07) is 11.0. The lowest BCUT2D eigenvalue weighted by Crippen LogP contribution is -2.28. The van der Waals surface area contributed by atoms with Crippen molar-refractivity contribution in [1.82, 2.24) is 0 Å². The van der Waals surface area contributed by atoms with Gasteiger partial charge in [-0.15, -0.1) is 11.3 Å². The molecule has 0 saturated heterocycles.